The quantitative estimate of drug-likeness (QED) is 0.646. The van der Waals surface area contributed by atoms with Gasteiger partial charge in [0.2, 0.25) is 0 Å². The van der Waals surface area contributed by atoms with Crippen LogP contribution in [0.4, 0.5) is 11.4 Å². The van der Waals surface area contributed by atoms with Gasteiger partial charge in [-0.3, -0.25) is 4.79 Å². The van der Waals surface area contributed by atoms with Gasteiger partial charge in [-0.15, -0.1) is 0 Å². The number of rotatable bonds is 4. The van der Waals surface area contributed by atoms with Gasteiger partial charge in [-0.2, -0.15) is 0 Å². The predicted molar refractivity (Wildman–Crippen MR) is 88.6 cm³/mol. The van der Waals surface area contributed by atoms with E-state index in [4.69, 9.17) is 10.5 Å². The van der Waals surface area contributed by atoms with Gasteiger partial charge in [-0.05, 0) is 55.0 Å². The largest absolute Gasteiger partial charge is 0.452 e. The zero-order valence-corrected chi connectivity index (χ0v) is 13.5. The lowest BCUT2D eigenvalue weighted by Gasteiger charge is -2.09. The van der Waals surface area contributed by atoms with E-state index >= 15 is 0 Å². The van der Waals surface area contributed by atoms with Crippen molar-refractivity contribution in [3.8, 4) is 0 Å². The Bertz CT molecular complexity index is 699. The van der Waals surface area contributed by atoms with Crippen LogP contribution in [0.1, 0.15) is 15.9 Å². The molecule has 2 aromatic carbocycles. The summed E-state index contributed by atoms with van der Waals surface area (Å²) in [6.07, 6.45) is 0. The van der Waals surface area contributed by atoms with Gasteiger partial charge >= 0.3 is 5.97 Å². The second-order valence-electron chi connectivity index (χ2n) is 4.71. The molecule has 0 fully saturated rings. The maximum Gasteiger partial charge on any atom is 0.338 e. The number of nitrogens with two attached hydrogens (primary N) is 1. The fourth-order valence-electron chi connectivity index (χ4n) is 1.79. The molecular weight excluding hydrogens is 348 g/mol. The van der Waals surface area contributed by atoms with Gasteiger partial charge in [-0.25, -0.2) is 4.79 Å². The van der Waals surface area contributed by atoms with Crippen LogP contribution < -0.4 is 11.1 Å². The lowest BCUT2D eigenvalue weighted by molar-refractivity contribution is -0.119. The number of hydrogen-bond acceptors (Lipinski definition) is 4. The minimum atomic E-state index is -0.567. The summed E-state index contributed by atoms with van der Waals surface area (Å²) < 4.78 is 5.89. The van der Waals surface area contributed by atoms with Crippen LogP contribution in [0.25, 0.3) is 0 Å². The first kappa shape index (κ1) is 16.0. The van der Waals surface area contributed by atoms with E-state index < -0.39 is 11.9 Å². The first-order valence-electron chi connectivity index (χ1n) is 6.54. The van der Waals surface area contributed by atoms with Gasteiger partial charge in [0.05, 0.1) is 5.56 Å². The summed E-state index contributed by atoms with van der Waals surface area (Å²) in [5, 5.41) is 2.70. The molecule has 0 saturated carbocycles. The van der Waals surface area contributed by atoms with Crippen molar-refractivity contribution in [3.63, 3.8) is 0 Å². The maximum absolute atomic E-state index is 11.8. The van der Waals surface area contributed by atoms with Gasteiger partial charge in [0.15, 0.2) is 6.61 Å². The summed E-state index contributed by atoms with van der Waals surface area (Å²) >= 11 is 3.35. The summed E-state index contributed by atoms with van der Waals surface area (Å²) in [6, 6.07) is 11.8. The second-order valence-corrected chi connectivity index (χ2v) is 5.62. The Morgan fingerprint density at radius 2 is 1.86 bits per heavy atom. The van der Waals surface area contributed by atoms with E-state index in [1.165, 1.54) is 0 Å². The zero-order chi connectivity index (χ0) is 16.1. The van der Waals surface area contributed by atoms with E-state index in [0.29, 0.717) is 16.9 Å². The molecule has 2 rings (SSSR count). The third kappa shape index (κ3) is 4.33. The number of halogens is 1. The molecule has 0 spiro atoms. The Kier molecular flexibility index (Phi) is 5.16. The number of esters is 1. The average molecular weight is 363 g/mol. The predicted octanol–water partition coefficient (Wildman–Crippen LogP) is 3.14. The molecule has 0 aliphatic heterocycles. The summed E-state index contributed by atoms with van der Waals surface area (Å²) in [7, 11) is 0. The Balaban J connectivity index is 1.89. The third-order valence-electron chi connectivity index (χ3n) is 2.94. The van der Waals surface area contributed by atoms with E-state index in [1.54, 1.807) is 30.3 Å². The number of benzene rings is 2. The van der Waals surface area contributed by atoms with Crippen LogP contribution >= 0.6 is 15.9 Å². The van der Waals surface area contributed by atoms with Crippen LogP contribution in [0.3, 0.4) is 0 Å². The summed E-state index contributed by atoms with van der Waals surface area (Å²) in [5.41, 5.74) is 8.03. The molecule has 0 aliphatic carbocycles. The Hall–Kier alpha value is -2.34. The minimum absolute atomic E-state index is 0.348. The fourth-order valence-corrected chi connectivity index (χ4v) is 2.26. The first-order valence-corrected chi connectivity index (χ1v) is 7.33. The highest BCUT2D eigenvalue weighted by molar-refractivity contribution is 9.10. The topological polar surface area (TPSA) is 81.4 Å². The molecule has 3 N–H and O–H groups in total. The zero-order valence-electron chi connectivity index (χ0n) is 11.9. The minimum Gasteiger partial charge on any atom is -0.452 e. The molecule has 1 amide bonds. The fraction of sp³-hybridized carbons (Fsp3) is 0.125. The summed E-state index contributed by atoms with van der Waals surface area (Å²) in [6.45, 7) is 1.53. The SMILES string of the molecule is Cc1cc(Br)ccc1NC(=O)COC(=O)c1ccc(N)cc1. The number of amides is 1. The number of anilines is 2. The van der Waals surface area contributed by atoms with Crippen molar-refractivity contribution < 1.29 is 14.3 Å². The van der Waals surface area contributed by atoms with Crippen molar-refractivity contribution in [1.82, 2.24) is 0 Å². The van der Waals surface area contributed by atoms with Crippen LogP contribution in [0.5, 0.6) is 0 Å². The van der Waals surface area contributed by atoms with E-state index in [9.17, 15) is 9.59 Å². The maximum atomic E-state index is 11.8. The molecule has 0 saturated heterocycles. The van der Waals surface area contributed by atoms with Crippen LogP contribution in [-0.4, -0.2) is 18.5 Å². The lowest BCUT2D eigenvalue weighted by atomic mass is 10.2. The van der Waals surface area contributed by atoms with Crippen LogP contribution in [-0.2, 0) is 9.53 Å². The van der Waals surface area contributed by atoms with Crippen molar-refractivity contribution in [2.24, 2.45) is 0 Å². The van der Waals surface area contributed by atoms with E-state index in [1.807, 2.05) is 19.1 Å². The molecule has 0 aliphatic rings. The monoisotopic (exact) mass is 362 g/mol. The van der Waals surface area contributed by atoms with Gasteiger partial charge < -0.3 is 15.8 Å². The number of hydrogen-bond donors (Lipinski definition) is 2. The van der Waals surface area contributed by atoms with E-state index in [-0.39, 0.29) is 6.61 Å². The highest BCUT2D eigenvalue weighted by Gasteiger charge is 2.11. The smallest absolute Gasteiger partial charge is 0.338 e. The van der Waals surface area contributed by atoms with Gasteiger partial charge in [-0.1, -0.05) is 15.9 Å². The van der Waals surface area contributed by atoms with Gasteiger partial charge in [0.25, 0.3) is 5.91 Å². The molecule has 0 unspecified atom stereocenters. The lowest BCUT2D eigenvalue weighted by Crippen LogP contribution is -2.21. The number of ether oxygens (including phenoxy) is 1. The van der Waals surface area contributed by atoms with Crippen LogP contribution in [0.2, 0.25) is 0 Å². The van der Waals surface area contributed by atoms with Crippen molar-refractivity contribution in [1.29, 1.82) is 0 Å². The number of nitrogen functional groups attached to an aromatic ring is 1. The van der Waals surface area contributed by atoms with Gasteiger partial charge in [0.1, 0.15) is 0 Å². The number of nitrogens with one attached hydrogen (secondary N) is 1. The normalized spacial score (nSPS) is 10.1. The highest BCUT2D eigenvalue weighted by Crippen LogP contribution is 2.19. The molecule has 114 valence electrons. The number of carbonyl (C=O) groups excluding carboxylic acids is 2. The molecule has 0 aromatic heterocycles. The Morgan fingerprint density at radius 1 is 1.18 bits per heavy atom. The molecule has 22 heavy (non-hydrogen) atoms. The van der Waals surface area contributed by atoms with Crippen molar-refractivity contribution in [2.45, 2.75) is 6.92 Å². The molecule has 0 heterocycles. The Morgan fingerprint density at radius 3 is 2.50 bits per heavy atom. The second kappa shape index (κ2) is 7.09. The molecule has 5 nitrogen and oxygen atoms in total. The standard InChI is InChI=1S/C16H15BrN2O3/c1-10-8-12(17)4-7-14(10)19-15(20)9-22-16(21)11-2-5-13(18)6-3-11/h2-8H,9,18H2,1H3,(H,19,20). The molecule has 6 heteroatoms. The van der Waals surface area contributed by atoms with Crippen molar-refractivity contribution >= 4 is 39.2 Å². The van der Waals surface area contributed by atoms with Gasteiger partial charge in [0, 0.05) is 15.8 Å². The summed E-state index contributed by atoms with van der Waals surface area (Å²) in [5.74, 6) is -0.961. The average Bonchev–Trinajstić information content (AvgIpc) is 2.48. The van der Waals surface area contributed by atoms with E-state index in [0.717, 1.165) is 10.0 Å². The van der Waals surface area contributed by atoms with Crippen LogP contribution in [0.15, 0.2) is 46.9 Å². The Labute approximate surface area is 136 Å². The number of aryl methyl sites for hydroxylation is 1. The third-order valence-corrected chi connectivity index (χ3v) is 3.44. The molecular formula is C16H15BrN2O3. The highest BCUT2D eigenvalue weighted by atomic mass is 79.9. The molecule has 0 atom stereocenters. The molecule has 2 aromatic rings. The van der Waals surface area contributed by atoms with Crippen LogP contribution in [0, 0.1) is 6.92 Å². The van der Waals surface area contributed by atoms with E-state index in [2.05, 4.69) is 21.2 Å². The first-order chi connectivity index (χ1) is 10.5. The number of carbonyl (C=O) groups is 2. The molecule has 0 radical (unpaired) electrons. The summed E-state index contributed by atoms with van der Waals surface area (Å²) in [4.78, 5) is 23.6. The van der Waals surface area contributed by atoms with Crippen molar-refractivity contribution in [3.05, 3.63) is 58.1 Å². The van der Waals surface area contributed by atoms with Crippen molar-refractivity contribution in [2.75, 3.05) is 17.7 Å². The molecule has 0 bridgehead atoms.